The minimum Gasteiger partial charge on any atom is -0.360 e. The van der Waals surface area contributed by atoms with Gasteiger partial charge in [0.25, 0.3) is 0 Å². The van der Waals surface area contributed by atoms with Crippen molar-refractivity contribution in [2.75, 3.05) is 6.54 Å². The van der Waals surface area contributed by atoms with Crippen LogP contribution in [0.25, 0.3) is 5.57 Å². The first-order valence-corrected chi connectivity index (χ1v) is 5.20. The number of rotatable bonds is 5. The van der Waals surface area contributed by atoms with Crippen molar-refractivity contribution in [2.45, 2.75) is 6.54 Å². The molecule has 1 aromatic heterocycles. The van der Waals surface area contributed by atoms with Crippen molar-refractivity contribution in [3.63, 3.8) is 0 Å². The van der Waals surface area contributed by atoms with E-state index < -0.39 is 0 Å². The molecule has 0 fully saturated rings. The van der Waals surface area contributed by atoms with Gasteiger partial charge in [-0.25, -0.2) is 0 Å². The summed E-state index contributed by atoms with van der Waals surface area (Å²) in [6.45, 7) is 5.45. The molecule has 1 heterocycles. The SMILES string of the molecule is C=C(CNCc1ccno1)c1ccccc1. The minimum absolute atomic E-state index is 0.672. The highest BCUT2D eigenvalue weighted by molar-refractivity contribution is 5.64. The van der Waals surface area contributed by atoms with Gasteiger partial charge in [0.05, 0.1) is 12.7 Å². The molecule has 3 nitrogen and oxygen atoms in total. The molecule has 0 aliphatic rings. The van der Waals surface area contributed by atoms with Crippen LogP contribution in [0.2, 0.25) is 0 Å². The number of nitrogens with zero attached hydrogens (tertiary/aromatic N) is 1. The van der Waals surface area contributed by atoms with Crippen molar-refractivity contribution in [1.82, 2.24) is 10.5 Å². The van der Waals surface area contributed by atoms with Gasteiger partial charge in [0, 0.05) is 12.6 Å². The number of aromatic nitrogens is 1. The summed E-state index contributed by atoms with van der Waals surface area (Å²) >= 11 is 0. The van der Waals surface area contributed by atoms with Crippen LogP contribution in [0.4, 0.5) is 0 Å². The van der Waals surface area contributed by atoms with Crippen LogP contribution in [0.3, 0.4) is 0 Å². The Morgan fingerprint density at radius 3 is 2.75 bits per heavy atom. The maximum atomic E-state index is 4.98. The van der Waals surface area contributed by atoms with Crippen LogP contribution in [0, 0.1) is 0 Å². The molecular weight excluding hydrogens is 200 g/mol. The van der Waals surface area contributed by atoms with Crippen molar-refractivity contribution in [1.29, 1.82) is 0 Å². The van der Waals surface area contributed by atoms with Crippen LogP contribution in [0.1, 0.15) is 11.3 Å². The summed E-state index contributed by atoms with van der Waals surface area (Å²) in [4.78, 5) is 0. The molecule has 0 aliphatic carbocycles. The number of hydrogen-bond donors (Lipinski definition) is 1. The molecule has 2 rings (SSSR count). The van der Waals surface area contributed by atoms with Gasteiger partial charge >= 0.3 is 0 Å². The monoisotopic (exact) mass is 214 g/mol. The van der Waals surface area contributed by atoms with Gasteiger partial charge in [-0.1, -0.05) is 42.1 Å². The maximum absolute atomic E-state index is 4.98. The molecule has 0 saturated carbocycles. The van der Waals surface area contributed by atoms with E-state index in [0.717, 1.165) is 23.4 Å². The number of benzene rings is 1. The molecule has 0 aliphatic heterocycles. The normalized spacial score (nSPS) is 10.2. The topological polar surface area (TPSA) is 38.1 Å². The van der Waals surface area contributed by atoms with Crippen LogP contribution in [-0.4, -0.2) is 11.7 Å². The first-order valence-electron chi connectivity index (χ1n) is 5.20. The highest BCUT2D eigenvalue weighted by atomic mass is 16.5. The molecule has 82 valence electrons. The Bertz CT molecular complexity index is 434. The molecule has 16 heavy (non-hydrogen) atoms. The Kier molecular flexibility index (Phi) is 3.51. The first kappa shape index (κ1) is 10.6. The van der Waals surface area contributed by atoms with Gasteiger partial charge in [0.2, 0.25) is 0 Å². The van der Waals surface area contributed by atoms with E-state index in [0.29, 0.717) is 6.54 Å². The molecule has 0 amide bonds. The second-order valence-corrected chi connectivity index (χ2v) is 3.55. The fraction of sp³-hybridized carbons (Fsp3) is 0.154. The van der Waals surface area contributed by atoms with E-state index in [4.69, 9.17) is 4.52 Å². The van der Waals surface area contributed by atoms with Crippen LogP contribution < -0.4 is 5.32 Å². The van der Waals surface area contributed by atoms with Gasteiger partial charge in [-0.2, -0.15) is 0 Å². The fourth-order valence-electron chi connectivity index (χ4n) is 1.45. The van der Waals surface area contributed by atoms with E-state index in [1.165, 1.54) is 0 Å². The molecule has 0 bridgehead atoms. The molecule has 0 radical (unpaired) electrons. The van der Waals surface area contributed by atoms with Gasteiger partial charge in [-0.3, -0.25) is 0 Å². The van der Waals surface area contributed by atoms with E-state index in [2.05, 4.69) is 29.2 Å². The molecule has 2 aromatic rings. The van der Waals surface area contributed by atoms with Crippen molar-refractivity contribution in [3.8, 4) is 0 Å². The van der Waals surface area contributed by atoms with Gasteiger partial charge in [-0.05, 0) is 11.1 Å². The zero-order valence-electron chi connectivity index (χ0n) is 9.02. The summed E-state index contributed by atoms with van der Waals surface area (Å²) in [6.07, 6.45) is 1.64. The third-order valence-electron chi connectivity index (χ3n) is 2.31. The lowest BCUT2D eigenvalue weighted by atomic mass is 10.1. The third kappa shape index (κ3) is 2.81. The Labute approximate surface area is 94.8 Å². The Morgan fingerprint density at radius 1 is 1.25 bits per heavy atom. The van der Waals surface area contributed by atoms with Crippen molar-refractivity contribution >= 4 is 5.57 Å². The molecule has 0 saturated heterocycles. The Balaban J connectivity index is 1.81. The third-order valence-corrected chi connectivity index (χ3v) is 2.31. The van der Waals surface area contributed by atoms with Crippen molar-refractivity contribution < 1.29 is 4.52 Å². The predicted octanol–water partition coefficient (Wildman–Crippen LogP) is 2.48. The van der Waals surface area contributed by atoms with Crippen LogP contribution in [-0.2, 0) is 6.54 Å². The molecule has 3 heteroatoms. The fourth-order valence-corrected chi connectivity index (χ4v) is 1.45. The molecular formula is C13H14N2O. The lowest BCUT2D eigenvalue weighted by Gasteiger charge is -2.06. The van der Waals surface area contributed by atoms with Gasteiger partial charge in [0.1, 0.15) is 5.76 Å². The Morgan fingerprint density at radius 2 is 2.06 bits per heavy atom. The molecule has 1 aromatic carbocycles. The van der Waals surface area contributed by atoms with Gasteiger partial charge in [-0.15, -0.1) is 0 Å². The number of nitrogens with one attached hydrogen (secondary N) is 1. The summed E-state index contributed by atoms with van der Waals surface area (Å²) in [7, 11) is 0. The largest absolute Gasteiger partial charge is 0.360 e. The molecule has 0 spiro atoms. The van der Waals surface area contributed by atoms with E-state index in [1.807, 2.05) is 24.3 Å². The van der Waals surface area contributed by atoms with Crippen LogP contribution >= 0.6 is 0 Å². The summed E-state index contributed by atoms with van der Waals surface area (Å²) in [6, 6.07) is 12.0. The average Bonchev–Trinajstić information content (AvgIpc) is 2.83. The van der Waals surface area contributed by atoms with Crippen LogP contribution in [0.5, 0.6) is 0 Å². The van der Waals surface area contributed by atoms with Crippen molar-refractivity contribution in [2.24, 2.45) is 0 Å². The minimum atomic E-state index is 0.672. The van der Waals surface area contributed by atoms with Gasteiger partial charge < -0.3 is 9.84 Å². The average molecular weight is 214 g/mol. The molecule has 0 atom stereocenters. The van der Waals surface area contributed by atoms with Crippen molar-refractivity contribution in [3.05, 3.63) is 60.5 Å². The summed E-state index contributed by atoms with van der Waals surface area (Å²) in [5.41, 5.74) is 2.23. The predicted molar refractivity (Wildman–Crippen MR) is 63.7 cm³/mol. The summed E-state index contributed by atoms with van der Waals surface area (Å²) in [5.74, 6) is 0.834. The van der Waals surface area contributed by atoms with E-state index in [9.17, 15) is 0 Å². The highest BCUT2D eigenvalue weighted by Crippen LogP contribution is 2.10. The lowest BCUT2D eigenvalue weighted by Crippen LogP contribution is -2.15. The maximum Gasteiger partial charge on any atom is 0.150 e. The number of hydrogen-bond acceptors (Lipinski definition) is 3. The summed E-state index contributed by atoms with van der Waals surface area (Å²) < 4.78 is 4.98. The first-order chi connectivity index (χ1) is 7.86. The van der Waals surface area contributed by atoms with E-state index >= 15 is 0 Å². The zero-order valence-corrected chi connectivity index (χ0v) is 9.02. The van der Waals surface area contributed by atoms with Gasteiger partial charge in [0.15, 0.2) is 0 Å². The summed E-state index contributed by atoms with van der Waals surface area (Å²) in [5, 5.41) is 6.89. The highest BCUT2D eigenvalue weighted by Gasteiger charge is 1.99. The smallest absolute Gasteiger partial charge is 0.150 e. The Hall–Kier alpha value is -1.87. The molecule has 1 N–H and O–H groups in total. The quantitative estimate of drug-likeness (QED) is 0.831. The second kappa shape index (κ2) is 5.28. The second-order valence-electron chi connectivity index (χ2n) is 3.55. The van der Waals surface area contributed by atoms with Crippen LogP contribution in [0.15, 0.2) is 53.7 Å². The standard InChI is InChI=1S/C13H14N2O/c1-11(12-5-3-2-4-6-12)9-14-10-13-7-8-15-16-13/h2-8,14H,1,9-10H2. The van der Waals surface area contributed by atoms with E-state index in [1.54, 1.807) is 6.20 Å². The van der Waals surface area contributed by atoms with E-state index in [-0.39, 0.29) is 0 Å². The lowest BCUT2D eigenvalue weighted by molar-refractivity contribution is 0.375. The zero-order chi connectivity index (χ0) is 11.2. The molecule has 0 unspecified atom stereocenters.